The Morgan fingerprint density at radius 3 is 2.83 bits per heavy atom. The fourth-order valence-corrected chi connectivity index (χ4v) is 5.06. The first kappa shape index (κ1) is 22.4. The van der Waals surface area contributed by atoms with E-state index in [1.54, 1.807) is 6.07 Å². The Balaban J connectivity index is 1.49. The van der Waals surface area contributed by atoms with Crippen molar-refractivity contribution in [3.05, 3.63) is 50.6 Å². The van der Waals surface area contributed by atoms with Gasteiger partial charge in [-0.05, 0) is 0 Å². The Hall–Kier alpha value is -2.25. The van der Waals surface area contributed by atoms with E-state index >= 15 is 0 Å². The number of carbonyl (C=O) groups is 2. The molecule has 0 bridgehead atoms. The summed E-state index contributed by atoms with van der Waals surface area (Å²) in [4.78, 5) is 26.3. The number of hydrogen-bond acceptors (Lipinski definition) is 4. The van der Waals surface area contributed by atoms with Crippen molar-refractivity contribution in [3.63, 3.8) is 0 Å². The van der Waals surface area contributed by atoms with E-state index in [9.17, 15) is 14.0 Å². The summed E-state index contributed by atoms with van der Waals surface area (Å²) in [5.41, 5.74) is 1.69. The Bertz CT molecular complexity index is 937. The van der Waals surface area contributed by atoms with Crippen molar-refractivity contribution in [1.29, 1.82) is 0 Å². The van der Waals surface area contributed by atoms with Crippen molar-refractivity contribution in [3.8, 4) is 0 Å². The zero-order chi connectivity index (χ0) is 21.5. The number of amides is 2. The quantitative estimate of drug-likeness (QED) is 0.407. The molecule has 0 saturated heterocycles. The van der Waals surface area contributed by atoms with Crippen LogP contribution in [-0.2, 0) is 20.9 Å². The molecular weight excluding hydrogens is 452 g/mol. The van der Waals surface area contributed by atoms with Crippen molar-refractivity contribution in [2.75, 3.05) is 38.1 Å². The molecule has 3 rings (SSSR count). The summed E-state index contributed by atoms with van der Waals surface area (Å²) in [5, 5.41) is 5.62. The van der Waals surface area contributed by atoms with Gasteiger partial charge in [-0.15, -0.1) is 0 Å². The van der Waals surface area contributed by atoms with Crippen LogP contribution in [-0.4, -0.2) is 64.0 Å². The molecule has 30 heavy (non-hydrogen) atoms. The summed E-state index contributed by atoms with van der Waals surface area (Å²) in [6.07, 6.45) is 1.81. The molecule has 6 nitrogen and oxygen atoms in total. The molecule has 2 heterocycles. The van der Waals surface area contributed by atoms with E-state index in [0.29, 0.717) is 30.0 Å². The molecule has 0 radical (unpaired) electrons. The second kappa shape index (κ2) is 10.7. The van der Waals surface area contributed by atoms with Gasteiger partial charge in [-0.2, -0.15) is 0 Å². The summed E-state index contributed by atoms with van der Waals surface area (Å²) in [6.45, 7) is 7.97. The van der Waals surface area contributed by atoms with Crippen LogP contribution < -0.4 is 10.6 Å². The van der Waals surface area contributed by atoms with E-state index in [1.807, 2.05) is 18.2 Å². The number of rotatable bonds is 10. The van der Waals surface area contributed by atoms with Gasteiger partial charge in [0.1, 0.15) is 0 Å². The number of hydrogen-bond donors (Lipinski definition) is 2. The van der Waals surface area contributed by atoms with Gasteiger partial charge in [-0.3, -0.25) is 0 Å². The minimum absolute atomic E-state index is 0.00257. The number of halogens is 1. The van der Waals surface area contributed by atoms with Gasteiger partial charge in [0.2, 0.25) is 0 Å². The van der Waals surface area contributed by atoms with Crippen molar-refractivity contribution < 1.29 is 18.7 Å². The number of benzene rings is 1. The molecular formula is C22H26FN3O3Se. The molecule has 8 heteroatoms. The van der Waals surface area contributed by atoms with E-state index in [-0.39, 0.29) is 38.7 Å². The monoisotopic (exact) mass is 479 g/mol. The van der Waals surface area contributed by atoms with Crippen LogP contribution in [0.3, 0.4) is 0 Å². The van der Waals surface area contributed by atoms with Crippen LogP contribution in [0.5, 0.6) is 0 Å². The molecule has 1 aromatic heterocycles. The van der Waals surface area contributed by atoms with Crippen LogP contribution in [0, 0.1) is 5.82 Å². The van der Waals surface area contributed by atoms with Gasteiger partial charge in [0.15, 0.2) is 0 Å². The summed E-state index contributed by atoms with van der Waals surface area (Å²) >= 11 is 0.00257. The Kier molecular flexibility index (Phi) is 7.99. The predicted molar refractivity (Wildman–Crippen MR) is 117 cm³/mol. The van der Waals surface area contributed by atoms with Crippen LogP contribution in [0.1, 0.15) is 28.3 Å². The fraction of sp³-hybridized carbons (Fsp3) is 0.364. The predicted octanol–water partition coefficient (Wildman–Crippen LogP) is 2.35. The SMILES string of the molecule is CCN(CC)CCNC(=O)COCc1ccc(C=C2C(=O)Nc3ccc(F)cc32)[se]1. The molecule has 0 saturated carbocycles. The molecule has 1 aromatic carbocycles. The zero-order valence-corrected chi connectivity index (χ0v) is 18.9. The van der Waals surface area contributed by atoms with E-state index in [4.69, 9.17) is 4.74 Å². The normalized spacial score (nSPS) is 14.3. The maximum atomic E-state index is 13.6. The number of anilines is 1. The Morgan fingerprint density at radius 1 is 1.27 bits per heavy atom. The van der Waals surface area contributed by atoms with Gasteiger partial charge in [-0.25, -0.2) is 0 Å². The third-order valence-electron chi connectivity index (χ3n) is 4.86. The van der Waals surface area contributed by atoms with Gasteiger partial charge in [0, 0.05) is 0 Å². The average Bonchev–Trinajstić information content (AvgIpc) is 3.30. The van der Waals surface area contributed by atoms with Crippen LogP contribution in [0.25, 0.3) is 11.6 Å². The molecule has 1 aliphatic rings. The molecule has 0 atom stereocenters. The van der Waals surface area contributed by atoms with Crippen LogP contribution >= 0.6 is 0 Å². The van der Waals surface area contributed by atoms with Gasteiger partial charge >= 0.3 is 182 Å². The summed E-state index contributed by atoms with van der Waals surface area (Å²) in [7, 11) is 0. The molecule has 160 valence electrons. The van der Waals surface area contributed by atoms with Gasteiger partial charge < -0.3 is 0 Å². The van der Waals surface area contributed by atoms with Crippen LogP contribution in [0.2, 0.25) is 0 Å². The second-order valence-electron chi connectivity index (χ2n) is 6.88. The number of carbonyl (C=O) groups excluding carboxylic acids is 2. The van der Waals surface area contributed by atoms with E-state index in [0.717, 1.165) is 28.5 Å². The molecule has 2 N–H and O–H groups in total. The van der Waals surface area contributed by atoms with Gasteiger partial charge in [0.25, 0.3) is 0 Å². The van der Waals surface area contributed by atoms with Crippen molar-refractivity contribution >= 4 is 43.7 Å². The topological polar surface area (TPSA) is 70.7 Å². The first-order valence-corrected chi connectivity index (χ1v) is 11.7. The van der Waals surface area contributed by atoms with Crippen molar-refractivity contribution in [1.82, 2.24) is 10.2 Å². The first-order valence-electron chi connectivity index (χ1n) is 9.98. The maximum absolute atomic E-state index is 13.6. The Morgan fingerprint density at radius 2 is 2.07 bits per heavy atom. The molecule has 0 spiro atoms. The van der Waals surface area contributed by atoms with E-state index in [1.165, 1.54) is 12.1 Å². The molecule has 0 fully saturated rings. The zero-order valence-electron chi connectivity index (χ0n) is 17.2. The number of ether oxygens (including phenoxy) is 1. The standard InChI is InChI=1S/C22H26FN3O3Se/c1-3-26(4-2)10-9-24-21(27)14-29-13-17-7-6-16(30-17)12-19-18-11-15(23)5-8-20(18)25-22(19)28/h5-8,11-12H,3-4,9-10,13-14H2,1-2H3,(H,24,27)(H,25,28). The van der Waals surface area contributed by atoms with E-state index < -0.39 is 0 Å². The second-order valence-corrected chi connectivity index (χ2v) is 9.39. The molecule has 0 aliphatic carbocycles. The number of likely N-dealkylation sites (N-methyl/N-ethyl adjacent to an activating group) is 1. The van der Waals surface area contributed by atoms with Crippen LogP contribution in [0.15, 0.2) is 30.3 Å². The minimum atomic E-state index is -0.371. The summed E-state index contributed by atoms with van der Waals surface area (Å²) in [5.74, 6) is -0.715. The van der Waals surface area contributed by atoms with Gasteiger partial charge in [0.05, 0.1) is 0 Å². The van der Waals surface area contributed by atoms with Crippen LogP contribution in [0.4, 0.5) is 10.1 Å². The molecule has 2 aromatic rings. The molecule has 2 amide bonds. The third kappa shape index (κ3) is 5.89. The van der Waals surface area contributed by atoms with Crippen molar-refractivity contribution in [2.24, 2.45) is 0 Å². The molecule has 0 unspecified atom stereocenters. The van der Waals surface area contributed by atoms with E-state index in [2.05, 4.69) is 29.4 Å². The number of nitrogens with one attached hydrogen (secondary N) is 2. The average molecular weight is 478 g/mol. The Labute approximate surface area is 181 Å². The summed E-state index contributed by atoms with van der Waals surface area (Å²) < 4.78 is 21.2. The first-order chi connectivity index (χ1) is 14.5. The fourth-order valence-electron chi connectivity index (χ4n) is 3.18. The number of fused-ring (bicyclic) bond motifs is 1. The molecule has 1 aliphatic heterocycles. The third-order valence-corrected chi connectivity index (χ3v) is 6.97. The summed E-state index contributed by atoms with van der Waals surface area (Å²) in [6, 6.07) is 8.18. The van der Waals surface area contributed by atoms with Crippen molar-refractivity contribution in [2.45, 2.75) is 20.5 Å². The van der Waals surface area contributed by atoms with Gasteiger partial charge in [-0.1, -0.05) is 0 Å². The number of nitrogens with zero attached hydrogens (tertiary/aromatic N) is 1.